The first-order valence-electron chi connectivity index (χ1n) is 4.56. The van der Waals surface area contributed by atoms with Crippen LogP contribution in [0.25, 0.3) is 0 Å². The summed E-state index contributed by atoms with van der Waals surface area (Å²) in [4.78, 5) is 0. The van der Waals surface area contributed by atoms with Crippen LogP contribution in [0.3, 0.4) is 0 Å². The van der Waals surface area contributed by atoms with Crippen LogP contribution < -0.4 is 0 Å². The Balaban J connectivity index is 2.12. The largest absolute Gasteiger partial charge is 0.353 e. The topological polar surface area (TPSA) is 18.5 Å². The van der Waals surface area contributed by atoms with E-state index >= 15 is 0 Å². The van der Waals surface area contributed by atoms with E-state index in [0.717, 1.165) is 32.0 Å². The van der Waals surface area contributed by atoms with E-state index in [2.05, 4.69) is 13.8 Å². The molecule has 1 aliphatic heterocycles. The predicted octanol–water partition coefficient (Wildman–Crippen LogP) is 2.19. The van der Waals surface area contributed by atoms with E-state index in [1.54, 1.807) is 0 Å². The number of rotatable bonds is 3. The zero-order valence-corrected chi connectivity index (χ0v) is 7.51. The molecule has 66 valence electrons. The Morgan fingerprint density at radius 2 is 2.36 bits per heavy atom. The van der Waals surface area contributed by atoms with Gasteiger partial charge in [0.15, 0.2) is 6.29 Å². The van der Waals surface area contributed by atoms with Gasteiger partial charge in [-0.1, -0.05) is 13.8 Å². The van der Waals surface area contributed by atoms with Crippen molar-refractivity contribution in [3.05, 3.63) is 0 Å². The van der Waals surface area contributed by atoms with Crippen LogP contribution in [0.4, 0.5) is 0 Å². The van der Waals surface area contributed by atoms with Crippen molar-refractivity contribution in [1.29, 1.82) is 0 Å². The van der Waals surface area contributed by atoms with Crippen molar-refractivity contribution in [2.24, 2.45) is 5.92 Å². The summed E-state index contributed by atoms with van der Waals surface area (Å²) < 4.78 is 10.9. The van der Waals surface area contributed by atoms with Gasteiger partial charge >= 0.3 is 0 Å². The highest BCUT2D eigenvalue weighted by Crippen LogP contribution is 2.19. The molecule has 11 heavy (non-hydrogen) atoms. The van der Waals surface area contributed by atoms with Gasteiger partial charge in [0.1, 0.15) is 0 Å². The summed E-state index contributed by atoms with van der Waals surface area (Å²) >= 11 is 0. The fourth-order valence-corrected chi connectivity index (χ4v) is 1.28. The summed E-state index contributed by atoms with van der Waals surface area (Å²) in [6, 6.07) is 0. The average Bonchev–Trinajstić information content (AvgIpc) is 2.01. The molecule has 2 nitrogen and oxygen atoms in total. The molecule has 0 spiro atoms. The molecule has 1 aliphatic rings. The molecule has 0 aromatic carbocycles. The maximum Gasteiger partial charge on any atom is 0.157 e. The normalized spacial score (nSPS) is 32.2. The number of hydrogen-bond donors (Lipinski definition) is 0. The van der Waals surface area contributed by atoms with Crippen LogP contribution >= 0.6 is 0 Å². The summed E-state index contributed by atoms with van der Waals surface area (Å²) in [5.41, 5.74) is 0. The van der Waals surface area contributed by atoms with Crippen LogP contribution in [-0.4, -0.2) is 19.5 Å². The Morgan fingerprint density at radius 1 is 1.55 bits per heavy atom. The smallest absolute Gasteiger partial charge is 0.157 e. The minimum absolute atomic E-state index is 0.0821. The fourth-order valence-electron chi connectivity index (χ4n) is 1.28. The Labute approximate surface area is 68.9 Å². The second-order valence-electron chi connectivity index (χ2n) is 3.30. The van der Waals surface area contributed by atoms with Crippen LogP contribution in [0.1, 0.15) is 33.1 Å². The van der Waals surface area contributed by atoms with Gasteiger partial charge in [0.25, 0.3) is 0 Å². The third-order valence-corrected chi connectivity index (χ3v) is 2.02. The van der Waals surface area contributed by atoms with Gasteiger partial charge in [-0.15, -0.1) is 0 Å². The first-order valence-corrected chi connectivity index (χ1v) is 4.56. The average molecular weight is 158 g/mol. The molecule has 0 aliphatic carbocycles. The molecule has 0 saturated carbocycles. The molecule has 0 aromatic heterocycles. The Kier molecular flexibility index (Phi) is 3.87. The van der Waals surface area contributed by atoms with Crippen LogP contribution in [0.15, 0.2) is 0 Å². The molecular formula is C9H18O2. The zero-order chi connectivity index (χ0) is 8.10. The van der Waals surface area contributed by atoms with Crippen molar-refractivity contribution in [2.75, 3.05) is 13.2 Å². The Bertz CT molecular complexity index is 104. The van der Waals surface area contributed by atoms with E-state index in [4.69, 9.17) is 9.47 Å². The van der Waals surface area contributed by atoms with Crippen molar-refractivity contribution >= 4 is 0 Å². The molecule has 0 bridgehead atoms. The molecule has 2 heteroatoms. The van der Waals surface area contributed by atoms with Crippen molar-refractivity contribution in [3.8, 4) is 0 Å². The van der Waals surface area contributed by atoms with Crippen LogP contribution in [0, 0.1) is 5.92 Å². The molecule has 1 heterocycles. The quantitative estimate of drug-likeness (QED) is 0.626. The lowest BCUT2D eigenvalue weighted by atomic mass is 10.0. The highest BCUT2D eigenvalue weighted by atomic mass is 16.7. The maximum atomic E-state index is 5.48. The summed E-state index contributed by atoms with van der Waals surface area (Å²) in [5.74, 6) is 0.769. The molecule has 0 aromatic rings. The van der Waals surface area contributed by atoms with Crippen molar-refractivity contribution in [2.45, 2.75) is 39.4 Å². The maximum absolute atomic E-state index is 5.48. The highest BCUT2D eigenvalue weighted by Gasteiger charge is 2.18. The van der Waals surface area contributed by atoms with E-state index in [-0.39, 0.29) is 6.29 Å². The lowest BCUT2D eigenvalue weighted by Crippen LogP contribution is -2.26. The fraction of sp³-hybridized carbons (Fsp3) is 1.00. The second kappa shape index (κ2) is 4.73. The van der Waals surface area contributed by atoms with Gasteiger partial charge in [0.2, 0.25) is 0 Å². The lowest BCUT2D eigenvalue weighted by molar-refractivity contribution is -0.172. The molecule has 2 unspecified atom stereocenters. The van der Waals surface area contributed by atoms with Gasteiger partial charge in [-0.05, 0) is 18.8 Å². The highest BCUT2D eigenvalue weighted by molar-refractivity contribution is 4.61. The van der Waals surface area contributed by atoms with Gasteiger partial charge < -0.3 is 9.47 Å². The van der Waals surface area contributed by atoms with E-state index in [1.807, 2.05) is 0 Å². The molecular weight excluding hydrogens is 140 g/mol. The van der Waals surface area contributed by atoms with Gasteiger partial charge in [0, 0.05) is 19.6 Å². The minimum Gasteiger partial charge on any atom is -0.353 e. The summed E-state index contributed by atoms with van der Waals surface area (Å²) in [7, 11) is 0. The van der Waals surface area contributed by atoms with Crippen LogP contribution in [0.5, 0.6) is 0 Å². The van der Waals surface area contributed by atoms with Gasteiger partial charge in [0.05, 0.1) is 0 Å². The minimum atomic E-state index is 0.0821. The molecule has 1 rings (SSSR count). The van der Waals surface area contributed by atoms with Gasteiger partial charge in [-0.25, -0.2) is 0 Å². The summed E-state index contributed by atoms with van der Waals surface area (Å²) in [6.07, 6.45) is 3.42. The third kappa shape index (κ3) is 3.21. The third-order valence-electron chi connectivity index (χ3n) is 2.02. The molecule has 0 radical (unpaired) electrons. The van der Waals surface area contributed by atoms with Crippen molar-refractivity contribution in [1.82, 2.24) is 0 Å². The molecule has 0 amide bonds. The van der Waals surface area contributed by atoms with E-state index in [0.29, 0.717) is 0 Å². The molecule has 0 N–H and O–H groups in total. The van der Waals surface area contributed by atoms with E-state index in [9.17, 15) is 0 Å². The Morgan fingerprint density at radius 3 is 3.00 bits per heavy atom. The zero-order valence-electron chi connectivity index (χ0n) is 7.51. The lowest BCUT2D eigenvalue weighted by Gasteiger charge is -2.26. The Hall–Kier alpha value is -0.0800. The SMILES string of the molecule is CCCOC1CC(C)CCO1. The molecule has 2 atom stereocenters. The monoisotopic (exact) mass is 158 g/mol. The number of hydrogen-bond acceptors (Lipinski definition) is 2. The van der Waals surface area contributed by atoms with Gasteiger partial charge in [-0.3, -0.25) is 0 Å². The van der Waals surface area contributed by atoms with E-state index < -0.39 is 0 Å². The standard InChI is InChI=1S/C9H18O2/c1-3-5-10-9-7-8(2)4-6-11-9/h8-9H,3-7H2,1-2H3. The van der Waals surface area contributed by atoms with Gasteiger partial charge in [-0.2, -0.15) is 0 Å². The number of ether oxygens (including phenoxy) is 2. The first-order chi connectivity index (χ1) is 5.33. The van der Waals surface area contributed by atoms with Crippen LogP contribution in [-0.2, 0) is 9.47 Å². The molecule has 1 saturated heterocycles. The van der Waals surface area contributed by atoms with E-state index in [1.165, 1.54) is 6.42 Å². The predicted molar refractivity (Wildman–Crippen MR) is 44.4 cm³/mol. The van der Waals surface area contributed by atoms with Crippen molar-refractivity contribution < 1.29 is 9.47 Å². The summed E-state index contributed by atoms with van der Waals surface area (Å²) in [5, 5.41) is 0. The van der Waals surface area contributed by atoms with Crippen molar-refractivity contribution in [3.63, 3.8) is 0 Å². The summed E-state index contributed by atoms with van der Waals surface area (Å²) in [6.45, 7) is 6.07. The first kappa shape index (κ1) is 9.01. The molecule has 1 fully saturated rings. The second-order valence-corrected chi connectivity index (χ2v) is 3.30. The van der Waals surface area contributed by atoms with Crippen LogP contribution in [0.2, 0.25) is 0 Å².